The second kappa shape index (κ2) is 2.07. The van der Waals surface area contributed by atoms with Gasteiger partial charge in [-0.3, -0.25) is 0 Å². The normalized spacial score (nSPS) is 8.38. The van der Waals surface area contributed by atoms with E-state index in [1.54, 1.807) is 0 Å². The van der Waals surface area contributed by atoms with Crippen LogP contribution >= 0.6 is 0 Å². The van der Waals surface area contributed by atoms with E-state index >= 15 is 0 Å². The largest absolute Gasteiger partial charge is 0.331 e. The molecule has 0 atom stereocenters. The Morgan fingerprint density at radius 3 is 3.25 bits per heavy atom. The molecule has 0 aromatic carbocycles. The lowest BCUT2D eigenvalue weighted by atomic mass is 10.7. The molecule has 0 bridgehead atoms. The first kappa shape index (κ1) is 4.78. The summed E-state index contributed by atoms with van der Waals surface area (Å²) in [5.74, 6) is 0.375. The monoisotopic (exact) mass is 109 g/mol. The van der Waals surface area contributed by atoms with Crippen LogP contribution in [0.4, 0.5) is 0 Å². The first-order valence-electron chi connectivity index (χ1n) is 2.02. The van der Waals surface area contributed by atoms with Crippen LogP contribution in [0, 0.1) is 6.57 Å². The second-order valence-corrected chi connectivity index (χ2v) is 1.15. The summed E-state index contributed by atoms with van der Waals surface area (Å²) in [5, 5.41) is 3.31. The first-order chi connectivity index (χ1) is 3.93. The Labute approximate surface area is 45.9 Å². The lowest BCUT2D eigenvalue weighted by molar-refractivity contribution is 0.385. The van der Waals surface area contributed by atoms with Gasteiger partial charge >= 0.3 is 5.89 Å². The molecule has 4 nitrogen and oxygen atoms in total. The highest BCUT2D eigenvalue weighted by atomic mass is 16.5. The van der Waals surface area contributed by atoms with Gasteiger partial charge in [0.1, 0.15) is 0 Å². The van der Waals surface area contributed by atoms with Crippen molar-refractivity contribution in [2.24, 2.45) is 0 Å². The highest BCUT2D eigenvalue weighted by Crippen LogP contribution is 1.90. The van der Waals surface area contributed by atoms with Gasteiger partial charge in [0.05, 0.1) is 0 Å². The van der Waals surface area contributed by atoms with Gasteiger partial charge in [0.15, 0.2) is 6.33 Å². The van der Waals surface area contributed by atoms with Crippen LogP contribution < -0.4 is 0 Å². The van der Waals surface area contributed by atoms with Crippen LogP contribution in [0.5, 0.6) is 0 Å². The average molecular weight is 109 g/mol. The molecular weight excluding hydrogens is 106 g/mol. The maximum Gasteiger partial charge on any atom is 0.306 e. The lowest BCUT2D eigenvalue weighted by Gasteiger charge is -1.71. The minimum Gasteiger partial charge on any atom is -0.331 e. The molecule has 8 heavy (non-hydrogen) atoms. The highest BCUT2D eigenvalue weighted by Gasteiger charge is 1.97. The average Bonchev–Trinajstić information content (AvgIpc) is 2.19. The molecule has 0 fully saturated rings. The molecule has 0 radical (unpaired) electrons. The molecule has 0 saturated carbocycles. The van der Waals surface area contributed by atoms with E-state index in [0.717, 1.165) is 0 Å². The second-order valence-electron chi connectivity index (χ2n) is 1.15. The molecule has 0 aliphatic heterocycles. The Balaban J connectivity index is 2.67. The molecular formula is C4H3N3O. The van der Waals surface area contributed by atoms with Crippen LogP contribution in [0.15, 0.2) is 10.9 Å². The third-order valence-corrected chi connectivity index (χ3v) is 0.621. The zero-order chi connectivity index (χ0) is 5.82. The van der Waals surface area contributed by atoms with Gasteiger partial charge < -0.3 is 9.37 Å². The quantitative estimate of drug-likeness (QED) is 0.493. The minimum absolute atomic E-state index is 0.181. The molecule has 0 spiro atoms. The SMILES string of the molecule is [C-]#[N+]Cc1ncno1. The van der Waals surface area contributed by atoms with Crippen molar-refractivity contribution < 1.29 is 4.52 Å². The van der Waals surface area contributed by atoms with Gasteiger partial charge in [0.25, 0.3) is 6.54 Å². The zero-order valence-electron chi connectivity index (χ0n) is 4.03. The molecule has 4 heteroatoms. The van der Waals surface area contributed by atoms with E-state index in [-0.39, 0.29) is 6.54 Å². The van der Waals surface area contributed by atoms with Crippen molar-refractivity contribution >= 4 is 0 Å². The van der Waals surface area contributed by atoms with Gasteiger partial charge in [0, 0.05) is 0 Å². The Bertz CT molecular complexity index is 186. The molecule has 0 saturated heterocycles. The molecule has 1 aromatic heterocycles. The highest BCUT2D eigenvalue weighted by molar-refractivity contribution is 4.77. The fourth-order valence-corrected chi connectivity index (χ4v) is 0.333. The van der Waals surface area contributed by atoms with Crippen molar-refractivity contribution in [3.8, 4) is 0 Å². The predicted molar refractivity (Wildman–Crippen MR) is 24.6 cm³/mol. The number of hydrogen-bond donors (Lipinski definition) is 0. The van der Waals surface area contributed by atoms with Crippen molar-refractivity contribution in [2.75, 3.05) is 0 Å². The van der Waals surface area contributed by atoms with E-state index in [1.165, 1.54) is 6.33 Å². The summed E-state index contributed by atoms with van der Waals surface area (Å²) in [6.07, 6.45) is 1.28. The summed E-state index contributed by atoms with van der Waals surface area (Å²) < 4.78 is 4.50. The standard InChI is InChI=1S/C4H3N3O/c1-5-2-4-6-3-7-8-4/h3H,2H2. The molecule has 1 aromatic rings. The van der Waals surface area contributed by atoms with Crippen molar-refractivity contribution in [1.82, 2.24) is 10.1 Å². The number of hydrogen-bond acceptors (Lipinski definition) is 3. The van der Waals surface area contributed by atoms with Gasteiger partial charge in [-0.1, -0.05) is 5.16 Å². The molecule has 0 amide bonds. The molecule has 0 unspecified atom stereocenters. The zero-order valence-corrected chi connectivity index (χ0v) is 4.03. The van der Waals surface area contributed by atoms with E-state index in [4.69, 9.17) is 6.57 Å². The Hall–Kier alpha value is -1.37. The summed E-state index contributed by atoms with van der Waals surface area (Å²) >= 11 is 0. The van der Waals surface area contributed by atoms with Crippen molar-refractivity contribution in [2.45, 2.75) is 6.54 Å². The Morgan fingerprint density at radius 2 is 2.75 bits per heavy atom. The number of aromatic nitrogens is 2. The van der Waals surface area contributed by atoms with Gasteiger partial charge in [-0.15, -0.1) is 0 Å². The summed E-state index contributed by atoms with van der Waals surface area (Å²) in [7, 11) is 0. The molecule has 40 valence electrons. The molecule has 1 heterocycles. The van der Waals surface area contributed by atoms with Crippen LogP contribution in [0.3, 0.4) is 0 Å². The van der Waals surface area contributed by atoms with Crippen molar-refractivity contribution in [3.05, 3.63) is 23.6 Å². The maximum atomic E-state index is 6.38. The summed E-state index contributed by atoms with van der Waals surface area (Å²) in [6, 6.07) is 0. The van der Waals surface area contributed by atoms with E-state index in [1.807, 2.05) is 0 Å². The lowest BCUT2D eigenvalue weighted by Crippen LogP contribution is -1.73. The maximum absolute atomic E-state index is 6.38. The Kier molecular flexibility index (Phi) is 1.24. The molecule has 1 rings (SSSR count). The van der Waals surface area contributed by atoms with E-state index in [2.05, 4.69) is 19.5 Å². The van der Waals surface area contributed by atoms with Crippen LogP contribution in [-0.4, -0.2) is 10.1 Å². The fourth-order valence-electron chi connectivity index (χ4n) is 0.333. The first-order valence-corrected chi connectivity index (χ1v) is 2.02. The fraction of sp³-hybridized carbons (Fsp3) is 0.250. The van der Waals surface area contributed by atoms with Gasteiger partial charge in [0.2, 0.25) is 0 Å². The van der Waals surface area contributed by atoms with Gasteiger partial charge in [-0.25, -0.2) is 6.57 Å². The molecule has 0 aliphatic rings. The van der Waals surface area contributed by atoms with E-state index < -0.39 is 0 Å². The third-order valence-electron chi connectivity index (χ3n) is 0.621. The Morgan fingerprint density at radius 1 is 1.88 bits per heavy atom. The summed E-state index contributed by atoms with van der Waals surface area (Å²) in [4.78, 5) is 6.65. The third kappa shape index (κ3) is 0.819. The summed E-state index contributed by atoms with van der Waals surface area (Å²) in [6.45, 7) is 6.56. The van der Waals surface area contributed by atoms with Crippen molar-refractivity contribution in [1.29, 1.82) is 0 Å². The molecule has 0 N–H and O–H groups in total. The van der Waals surface area contributed by atoms with Gasteiger partial charge in [-0.05, 0) is 0 Å². The van der Waals surface area contributed by atoms with Crippen LogP contribution in [0.2, 0.25) is 0 Å². The topological polar surface area (TPSA) is 43.3 Å². The van der Waals surface area contributed by atoms with Gasteiger partial charge in [-0.2, -0.15) is 4.98 Å². The minimum atomic E-state index is 0.181. The van der Waals surface area contributed by atoms with Crippen LogP contribution in [-0.2, 0) is 6.54 Å². The number of rotatable bonds is 1. The predicted octanol–water partition coefficient (Wildman–Crippen LogP) is 0.489. The van der Waals surface area contributed by atoms with E-state index in [0.29, 0.717) is 5.89 Å². The van der Waals surface area contributed by atoms with Crippen LogP contribution in [0.1, 0.15) is 5.89 Å². The number of nitrogens with zero attached hydrogens (tertiary/aromatic N) is 3. The summed E-state index contributed by atoms with van der Waals surface area (Å²) in [5.41, 5.74) is 0. The smallest absolute Gasteiger partial charge is 0.306 e. The molecule has 0 aliphatic carbocycles. The van der Waals surface area contributed by atoms with Crippen LogP contribution in [0.25, 0.3) is 4.85 Å². The van der Waals surface area contributed by atoms with Crippen molar-refractivity contribution in [3.63, 3.8) is 0 Å². The van der Waals surface area contributed by atoms with E-state index in [9.17, 15) is 0 Å².